The maximum Gasteiger partial charge on any atom is 0.134 e. The van der Waals surface area contributed by atoms with E-state index in [1.54, 1.807) is 0 Å². The van der Waals surface area contributed by atoms with E-state index in [0.29, 0.717) is 15.1 Å². The number of halogens is 6. The Kier molecular flexibility index (Phi) is 4.49. The van der Waals surface area contributed by atoms with Gasteiger partial charge in [0.1, 0.15) is 4.84 Å². The van der Waals surface area contributed by atoms with Gasteiger partial charge in [-0.05, 0) is 15.9 Å². The van der Waals surface area contributed by atoms with Crippen LogP contribution in [0, 0.1) is 6.07 Å². The van der Waals surface area contributed by atoms with Crippen molar-refractivity contribution in [3.05, 3.63) is 31.2 Å². The molecule has 0 spiro atoms. The monoisotopic (exact) mass is 339 g/mol. The second-order valence-corrected chi connectivity index (χ2v) is 5.12. The van der Waals surface area contributed by atoms with Crippen molar-refractivity contribution in [1.82, 2.24) is 0 Å². The number of hydrogen-bond acceptors (Lipinski definition) is 0. The zero-order chi connectivity index (χ0) is 10.2. The molecule has 1 aromatic carbocycles. The molecule has 0 heterocycles. The first-order valence-corrected chi connectivity index (χ1v) is 5.78. The van der Waals surface area contributed by atoms with Crippen molar-refractivity contribution < 1.29 is 0 Å². The summed E-state index contributed by atoms with van der Waals surface area (Å²) in [6.07, 6.45) is 0. The fourth-order valence-electron chi connectivity index (χ4n) is 0.689. The molecule has 0 unspecified atom stereocenters. The molecule has 0 fully saturated rings. The van der Waals surface area contributed by atoms with Gasteiger partial charge in [-0.2, -0.15) is 0 Å². The lowest BCUT2D eigenvalue weighted by Gasteiger charge is -2.08. The molecule has 1 radical (unpaired) electrons. The zero-order valence-electron chi connectivity index (χ0n) is 5.85. The molecule has 71 valence electrons. The standard InChI is InChI=1S/C7HBrCl5/c8-3-1-2(7(12)13)4(9)6(11)5(3)10/h7H. The predicted molar refractivity (Wildman–Crippen MR) is 62.5 cm³/mol. The lowest BCUT2D eigenvalue weighted by Crippen LogP contribution is -1.87. The molecule has 0 amide bonds. The lowest BCUT2D eigenvalue weighted by molar-refractivity contribution is 1.33. The fraction of sp³-hybridized carbons (Fsp3) is 0.143. The van der Waals surface area contributed by atoms with Crippen LogP contribution in [0.15, 0.2) is 4.47 Å². The fourth-order valence-corrected chi connectivity index (χ4v) is 2.29. The normalized spacial score (nSPS) is 11.0. The van der Waals surface area contributed by atoms with Crippen molar-refractivity contribution in [2.45, 2.75) is 4.84 Å². The summed E-state index contributed by atoms with van der Waals surface area (Å²) in [4.78, 5) is -0.779. The van der Waals surface area contributed by atoms with Crippen LogP contribution in [0.4, 0.5) is 0 Å². The highest BCUT2D eigenvalue weighted by Gasteiger charge is 2.17. The smallest absolute Gasteiger partial charge is 0.1000 e. The lowest BCUT2D eigenvalue weighted by atomic mass is 10.2. The van der Waals surface area contributed by atoms with E-state index in [0.717, 1.165) is 0 Å². The topological polar surface area (TPSA) is 0 Å². The summed E-state index contributed by atoms with van der Waals surface area (Å²) >= 11 is 31.8. The van der Waals surface area contributed by atoms with Gasteiger partial charge in [0.05, 0.1) is 15.1 Å². The van der Waals surface area contributed by atoms with Gasteiger partial charge in [0.25, 0.3) is 0 Å². The van der Waals surface area contributed by atoms with E-state index in [1.165, 1.54) is 0 Å². The van der Waals surface area contributed by atoms with Crippen LogP contribution in [0.1, 0.15) is 10.4 Å². The third-order valence-electron chi connectivity index (χ3n) is 1.28. The molecule has 0 aliphatic rings. The number of alkyl halides is 2. The van der Waals surface area contributed by atoms with Gasteiger partial charge in [-0.1, -0.05) is 58.0 Å². The van der Waals surface area contributed by atoms with Gasteiger partial charge >= 0.3 is 0 Å². The van der Waals surface area contributed by atoms with E-state index in [1.807, 2.05) is 0 Å². The van der Waals surface area contributed by atoms with Crippen molar-refractivity contribution >= 4 is 73.9 Å². The van der Waals surface area contributed by atoms with Crippen molar-refractivity contribution in [1.29, 1.82) is 0 Å². The summed E-state index contributed by atoms with van der Waals surface area (Å²) in [6.45, 7) is 0. The second-order valence-electron chi connectivity index (χ2n) is 2.10. The summed E-state index contributed by atoms with van der Waals surface area (Å²) in [5.41, 5.74) is 0.409. The highest BCUT2D eigenvalue weighted by atomic mass is 79.9. The third kappa shape index (κ3) is 2.58. The SMILES string of the molecule is Clc1c(Br)[c]c(C(Cl)Cl)c(Cl)c1Cl. The molecule has 0 bridgehead atoms. The van der Waals surface area contributed by atoms with Gasteiger partial charge in [-0.25, -0.2) is 0 Å². The van der Waals surface area contributed by atoms with Crippen LogP contribution in [0.3, 0.4) is 0 Å². The maximum atomic E-state index is 5.83. The minimum absolute atomic E-state index is 0.218. The molecule has 0 saturated heterocycles. The Balaban J connectivity index is 3.41. The first kappa shape index (κ1) is 12.2. The molecule has 0 atom stereocenters. The predicted octanol–water partition coefficient (Wildman–Crippen LogP) is 5.69. The second kappa shape index (κ2) is 4.78. The van der Waals surface area contributed by atoms with E-state index < -0.39 is 4.84 Å². The number of rotatable bonds is 1. The highest BCUT2D eigenvalue weighted by Crippen LogP contribution is 2.42. The van der Waals surface area contributed by atoms with E-state index in [2.05, 4.69) is 22.0 Å². The molecule has 13 heavy (non-hydrogen) atoms. The Morgan fingerprint density at radius 1 is 1.00 bits per heavy atom. The maximum absolute atomic E-state index is 5.83. The summed E-state index contributed by atoms with van der Waals surface area (Å²) < 4.78 is 0.491. The Morgan fingerprint density at radius 3 is 2.00 bits per heavy atom. The third-order valence-corrected chi connectivity index (χ3v) is 3.88. The van der Waals surface area contributed by atoms with E-state index in [9.17, 15) is 0 Å². The van der Waals surface area contributed by atoms with Crippen molar-refractivity contribution in [2.24, 2.45) is 0 Å². The summed E-state index contributed by atoms with van der Waals surface area (Å²) in [7, 11) is 0. The first-order valence-electron chi connectivity index (χ1n) is 2.98. The Morgan fingerprint density at radius 2 is 1.54 bits per heavy atom. The van der Waals surface area contributed by atoms with E-state index >= 15 is 0 Å². The average molecular weight is 342 g/mol. The molecular weight excluding hydrogens is 341 g/mol. The van der Waals surface area contributed by atoms with Crippen LogP contribution in [0.2, 0.25) is 15.1 Å². The molecular formula is C7HBrCl5. The molecule has 0 N–H and O–H groups in total. The van der Waals surface area contributed by atoms with Crippen LogP contribution >= 0.6 is 73.9 Å². The number of hydrogen-bond donors (Lipinski definition) is 0. The van der Waals surface area contributed by atoms with E-state index in [4.69, 9.17) is 58.0 Å². The van der Waals surface area contributed by atoms with Gasteiger partial charge in [0, 0.05) is 16.1 Å². The first-order chi connectivity index (χ1) is 5.95. The number of benzene rings is 1. The molecule has 6 heteroatoms. The van der Waals surface area contributed by atoms with Crippen molar-refractivity contribution in [3.63, 3.8) is 0 Å². The van der Waals surface area contributed by atoms with E-state index in [-0.39, 0.29) is 10.0 Å². The zero-order valence-corrected chi connectivity index (χ0v) is 11.2. The Hall–Kier alpha value is 1.15. The van der Waals surface area contributed by atoms with Gasteiger partial charge < -0.3 is 0 Å². The van der Waals surface area contributed by atoms with Crippen molar-refractivity contribution in [2.75, 3.05) is 0 Å². The molecule has 0 aromatic heterocycles. The highest BCUT2D eigenvalue weighted by molar-refractivity contribution is 9.10. The van der Waals surface area contributed by atoms with Crippen LogP contribution in [0.5, 0.6) is 0 Å². The minimum atomic E-state index is -0.779. The summed E-state index contributed by atoms with van der Waals surface area (Å²) in [6, 6.07) is 2.79. The largest absolute Gasteiger partial charge is 0.134 e. The molecule has 0 nitrogen and oxygen atoms in total. The van der Waals surface area contributed by atoms with Crippen LogP contribution in [-0.2, 0) is 0 Å². The quantitative estimate of drug-likeness (QED) is 0.350. The molecule has 1 rings (SSSR count). The Labute approximate surface area is 109 Å². The van der Waals surface area contributed by atoms with Gasteiger partial charge in [0.15, 0.2) is 0 Å². The molecule has 1 aromatic rings. The molecule has 0 aliphatic carbocycles. The van der Waals surface area contributed by atoms with Crippen molar-refractivity contribution in [3.8, 4) is 0 Å². The van der Waals surface area contributed by atoms with Gasteiger partial charge in [0.2, 0.25) is 0 Å². The average Bonchev–Trinajstić information content (AvgIpc) is 2.07. The minimum Gasteiger partial charge on any atom is -0.1000 e. The van der Waals surface area contributed by atoms with Crippen LogP contribution in [0.25, 0.3) is 0 Å². The summed E-state index contributed by atoms with van der Waals surface area (Å²) in [5, 5.41) is 0.740. The summed E-state index contributed by atoms with van der Waals surface area (Å²) in [5.74, 6) is 0. The van der Waals surface area contributed by atoms with Gasteiger partial charge in [-0.15, -0.1) is 0 Å². The van der Waals surface area contributed by atoms with Crippen LogP contribution < -0.4 is 0 Å². The molecule has 0 aliphatic heterocycles. The van der Waals surface area contributed by atoms with Gasteiger partial charge in [-0.3, -0.25) is 0 Å². The molecule has 0 saturated carbocycles. The Bertz CT molecular complexity index is 336. The van der Waals surface area contributed by atoms with Crippen LogP contribution in [-0.4, -0.2) is 0 Å².